The Morgan fingerprint density at radius 3 is 2.87 bits per heavy atom. The minimum absolute atomic E-state index is 0.252. The Balaban J connectivity index is 1.28. The fourth-order valence-corrected chi connectivity index (χ4v) is 4.61. The lowest BCUT2D eigenvalue weighted by Gasteiger charge is -2.32. The average molecular weight is 417 g/mol. The van der Waals surface area contributed by atoms with Gasteiger partial charge in [0.15, 0.2) is 5.96 Å². The summed E-state index contributed by atoms with van der Waals surface area (Å²) in [6.07, 6.45) is 3.39. The first-order valence-electron chi connectivity index (χ1n) is 11.3. The lowest BCUT2D eigenvalue weighted by Crippen LogP contribution is -2.42. The monoisotopic (exact) mass is 416 g/mol. The summed E-state index contributed by atoms with van der Waals surface area (Å²) in [6.45, 7) is 12.6. The van der Waals surface area contributed by atoms with E-state index in [-0.39, 0.29) is 6.10 Å². The number of morpholine rings is 2. The predicted octanol–water partition coefficient (Wildman–Crippen LogP) is 1.04. The first-order valence-corrected chi connectivity index (χ1v) is 11.3. The molecule has 4 heterocycles. The van der Waals surface area contributed by atoms with Crippen molar-refractivity contribution in [3.8, 4) is 0 Å². The van der Waals surface area contributed by atoms with Crippen molar-refractivity contribution in [2.45, 2.75) is 26.0 Å². The molecule has 30 heavy (non-hydrogen) atoms. The summed E-state index contributed by atoms with van der Waals surface area (Å²) < 4.78 is 11.1. The number of likely N-dealkylation sites (tertiary alicyclic amines) is 1. The molecule has 4 rings (SSSR count). The van der Waals surface area contributed by atoms with E-state index in [1.807, 2.05) is 13.2 Å². The Kier molecular flexibility index (Phi) is 7.41. The number of ether oxygens (including phenoxy) is 2. The summed E-state index contributed by atoms with van der Waals surface area (Å²) in [6, 6.07) is 4.27. The van der Waals surface area contributed by atoms with E-state index < -0.39 is 0 Å². The van der Waals surface area contributed by atoms with Crippen molar-refractivity contribution in [3.63, 3.8) is 0 Å². The molecular weight excluding hydrogens is 380 g/mol. The maximum absolute atomic E-state index is 5.65. The van der Waals surface area contributed by atoms with E-state index in [4.69, 9.17) is 9.47 Å². The van der Waals surface area contributed by atoms with Crippen molar-refractivity contribution >= 4 is 11.8 Å². The van der Waals surface area contributed by atoms with Gasteiger partial charge in [-0.2, -0.15) is 0 Å². The quantitative estimate of drug-likeness (QED) is 0.568. The number of aromatic nitrogens is 1. The molecule has 1 aromatic rings. The van der Waals surface area contributed by atoms with Crippen LogP contribution in [-0.2, 0) is 16.0 Å². The Morgan fingerprint density at radius 1 is 1.20 bits per heavy atom. The van der Waals surface area contributed by atoms with Crippen LogP contribution in [0.4, 0.5) is 5.82 Å². The molecule has 3 saturated heterocycles. The minimum atomic E-state index is 0.252. The van der Waals surface area contributed by atoms with Crippen LogP contribution in [-0.4, -0.2) is 99.5 Å². The molecule has 0 spiro atoms. The van der Waals surface area contributed by atoms with E-state index in [0.29, 0.717) is 5.92 Å². The zero-order valence-corrected chi connectivity index (χ0v) is 18.4. The average Bonchev–Trinajstić information content (AvgIpc) is 3.23. The number of pyridine rings is 1. The first-order chi connectivity index (χ1) is 14.7. The molecule has 0 aliphatic carbocycles. The minimum Gasteiger partial charge on any atom is -0.379 e. The van der Waals surface area contributed by atoms with Crippen LogP contribution in [0, 0.1) is 5.92 Å². The Hall–Kier alpha value is -1.90. The summed E-state index contributed by atoms with van der Waals surface area (Å²) >= 11 is 0. The van der Waals surface area contributed by atoms with Gasteiger partial charge in [-0.05, 0) is 37.0 Å². The van der Waals surface area contributed by atoms with E-state index in [2.05, 4.69) is 49.0 Å². The normalized spacial score (nSPS) is 26.3. The molecular formula is C22H36N6O2. The molecule has 3 aliphatic rings. The Labute approximate surface area is 180 Å². The third kappa shape index (κ3) is 5.62. The van der Waals surface area contributed by atoms with Crippen LogP contribution < -0.4 is 10.2 Å². The fraction of sp³-hybridized carbons (Fsp3) is 0.727. The van der Waals surface area contributed by atoms with Crippen molar-refractivity contribution in [1.82, 2.24) is 20.1 Å². The topological polar surface area (TPSA) is 65.5 Å². The molecule has 1 N–H and O–H groups in total. The third-order valence-electron chi connectivity index (χ3n) is 6.24. The van der Waals surface area contributed by atoms with Crippen molar-refractivity contribution < 1.29 is 9.47 Å². The van der Waals surface area contributed by atoms with Crippen LogP contribution in [0.3, 0.4) is 0 Å². The number of hydrogen-bond donors (Lipinski definition) is 1. The zero-order chi connectivity index (χ0) is 20.8. The second-order valence-corrected chi connectivity index (χ2v) is 8.56. The van der Waals surface area contributed by atoms with Gasteiger partial charge >= 0.3 is 0 Å². The van der Waals surface area contributed by atoms with Crippen LogP contribution in [0.1, 0.15) is 18.9 Å². The highest BCUT2D eigenvalue weighted by molar-refractivity contribution is 5.80. The maximum Gasteiger partial charge on any atom is 0.193 e. The van der Waals surface area contributed by atoms with Gasteiger partial charge in [-0.15, -0.1) is 0 Å². The van der Waals surface area contributed by atoms with Crippen molar-refractivity contribution in [2.75, 3.05) is 77.6 Å². The maximum atomic E-state index is 5.65. The molecule has 2 atom stereocenters. The SMILES string of the molecule is CN=C(NCc1ccnc(N2CCOC(C)C2)c1)N1CCC(CN2CCOCC2)C1. The zero-order valence-electron chi connectivity index (χ0n) is 18.4. The molecule has 0 saturated carbocycles. The van der Waals surface area contributed by atoms with Crippen LogP contribution in [0.2, 0.25) is 0 Å². The molecule has 166 valence electrons. The van der Waals surface area contributed by atoms with Gasteiger partial charge in [0, 0.05) is 65.6 Å². The molecule has 1 aromatic heterocycles. The number of hydrogen-bond acceptors (Lipinski definition) is 6. The molecule has 0 radical (unpaired) electrons. The number of rotatable bonds is 5. The van der Waals surface area contributed by atoms with Gasteiger partial charge in [0.2, 0.25) is 0 Å². The lowest BCUT2D eigenvalue weighted by atomic mass is 10.1. The summed E-state index contributed by atoms with van der Waals surface area (Å²) in [5.74, 6) is 2.74. The number of guanidine groups is 1. The number of nitrogens with zero attached hydrogens (tertiary/aromatic N) is 5. The van der Waals surface area contributed by atoms with Crippen molar-refractivity contribution in [2.24, 2.45) is 10.9 Å². The van der Waals surface area contributed by atoms with Crippen molar-refractivity contribution in [1.29, 1.82) is 0 Å². The smallest absolute Gasteiger partial charge is 0.193 e. The lowest BCUT2D eigenvalue weighted by molar-refractivity contribution is 0.0315. The number of nitrogens with one attached hydrogen (secondary N) is 1. The van der Waals surface area contributed by atoms with Crippen LogP contribution >= 0.6 is 0 Å². The van der Waals surface area contributed by atoms with Crippen LogP contribution in [0.15, 0.2) is 23.3 Å². The second-order valence-electron chi connectivity index (χ2n) is 8.56. The molecule has 0 bridgehead atoms. The first kappa shape index (κ1) is 21.3. The number of anilines is 1. The molecule has 3 aliphatic heterocycles. The van der Waals surface area contributed by atoms with E-state index in [9.17, 15) is 0 Å². The van der Waals surface area contributed by atoms with E-state index in [1.54, 1.807) is 0 Å². The van der Waals surface area contributed by atoms with E-state index >= 15 is 0 Å². The summed E-state index contributed by atoms with van der Waals surface area (Å²) in [5, 5.41) is 3.56. The van der Waals surface area contributed by atoms with Crippen molar-refractivity contribution in [3.05, 3.63) is 23.9 Å². The van der Waals surface area contributed by atoms with Gasteiger partial charge in [0.05, 0.1) is 25.9 Å². The van der Waals surface area contributed by atoms with Gasteiger partial charge in [0.1, 0.15) is 5.82 Å². The van der Waals surface area contributed by atoms with Gasteiger partial charge in [-0.3, -0.25) is 9.89 Å². The highest BCUT2D eigenvalue weighted by Crippen LogP contribution is 2.19. The van der Waals surface area contributed by atoms with Crippen LogP contribution in [0.25, 0.3) is 0 Å². The highest BCUT2D eigenvalue weighted by Gasteiger charge is 2.27. The molecule has 2 unspecified atom stereocenters. The van der Waals surface area contributed by atoms with Gasteiger partial charge in [0.25, 0.3) is 0 Å². The van der Waals surface area contributed by atoms with E-state index in [0.717, 1.165) is 77.4 Å². The van der Waals surface area contributed by atoms with Gasteiger partial charge in [-0.25, -0.2) is 4.98 Å². The Bertz CT molecular complexity index is 709. The second kappa shape index (κ2) is 10.4. The fourth-order valence-electron chi connectivity index (χ4n) is 4.61. The molecule has 8 nitrogen and oxygen atoms in total. The molecule has 0 aromatic carbocycles. The Morgan fingerprint density at radius 2 is 2.07 bits per heavy atom. The van der Waals surface area contributed by atoms with Gasteiger partial charge < -0.3 is 24.6 Å². The van der Waals surface area contributed by atoms with E-state index in [1.165, 1.54) is 18.5 Å². The number of aliphatic imine (C=N–C) groups is 1. The standard InChI is InChI=1S/C22H36N6O2/c1-18-15-27(9-12-30-18)21-13-19(3-5-24-21)14-25-22(23-2)28-6-4-20(17-28)16-26-7-10-29-11-8-26/h3,5,13,18,20H,4,6-12,14-17H2,1-2H3,(H,23,25). The third-order valence-corrected chi connectivity index (χ3v) is 6.24. The largest absolute Gasteiger partial charge is 0.379 e. The molecule has 8 heteroatoms. The van der Waals surface area contributed by atoms with Crippen LogP contribution in [0.5, 0.6) is 0 Å². The predicted molar refractivity (Wildman–Crippen MR) is 119 cm³/mol. The summed E-state index contributed by atoms with van der Waals surface area (Å²) in [4.78, 5) is 16.4. The molecule has 0 amide bonds. The summed E-state index contributed by atoms with van der Waals surface area (Å²) in [7, 11) is 1.88. The highest BCUT2D eigenvalue weighted by atomic mass is 16.5. The molecule has 3 fully saturated rings. The summed E-state index contributed by atoms with van der Waals surface area (Å²) in [5.41, 5.74) is 1.23. The van der Waals surface area contributed by atoms with Gasteiger partial charge in [-0.1, -0.05) is 0 Å².